The third kappa shape index (κ3) is 4.01. The van der Waals surface area contributed by atoms with E-state index in [2.05, 4.69) is 36.2 Å². The van der Waals surface area contributed by atoms with E-state index in [-0.39, 0.29) is 17.0 Å². The number of rotatable bonds is 5. The molecule has 0 saturated carbocycles. The van der Waals surface area contributed by atoms with Crippen LogP contribution in [0.2, 0.25) is 5.28 Å². The Morgan fingerprint density at radius 1 is 1.24 bits per heavy atom. The van der Waals surface area contributed by atoms with Crippen LogP contribution in [-0.2, 0) is 0 Å². The van der Waals surface area contributed by atoms with Gasteiger partial charge in [-0.25, -0.2) is 4.39 Å². The second-order valence-corrected chi connectivity index (χ2v) is 5.34. The van der Waals surface area contributed by atoms with Crippen molar-refractivity contribution in [1.29, 1.82) is 0 Å². The van der Waals surface area contributed by atoms with Gasteiger partial charge in [-0.15, -0.1) is 0 Å². The highest BCUT2D eigenvalue weighted by atomic mass is 79.9. The summed E-state index contributed by atoms with van der Waals surface area (Å²) in [5.41, 5.74) is 0.516. The normalized spacial score (nSPS) is 10.5. The lowest BCUT2D eigenvalue weighted by Crippen LogP contribution is -2.24. The molecule has 8 heteroatoms. The average molecular weight is 375 g/mol. The molecule has 2 aromatic rings. The largest absolute Gasteiger partial charge is 0.341 e. The van der Waals surface area contributed by atoms with E-state index in [0.717, 1.165) is 13.1 Å². The Kier molecular flexibility index (Phi) is 5.30. The first-order chi connectivity index (χ1) is 10.0. The highest BCUT2D eigenvalue weighted by Crippen LogP contribution is 2.26. The summed E-state index contributed by atoms with van der Waals surface area (Å²) < 4.78 is 14.0. The van der Waals surface area contributed by atoms with Crippen molar-refractivity contribution >= 4 is 45.1 Å². The number of hydrogen-bond donors (Lipinski definition) is 1. The second kappa shape index (κ2) is 7.00. The zero-order chi connectivity index (χ0) is 15.4. The highest BCUT2D eigenvalue weighted by molar-refractivity contribution is 9.10. The number of nitrogens with zero attached hydrogens (tertiary/aromatic N) is 4. The number of hydrogen-bond acceptors (Lipinski definition) is 5. The summed E-state index contributed by atoms with van der Waals surface area (Å²) >= 11 is 9.27. The molecule has 2 rings (SSSR count). The zero-order valence-electron chi connectivity index (χ0n) is 11.6. The molecule has 21 heavy (non-hydrogen) atoms. The molecule has 0 atom stereocenters. The number of anilines is 3. The molecule has 1 aromatic heterocycles. The van der Waals surface area contributed by atoms with E-state index < -0.39 is 0 Å². The molecule has 1 aromatic carbocycles. The second-order valence-electron chi connectivity index (χ2n) is 4.15. The van der Waals surface area contributed by atoms with Crippen molar-refractivity contribution in [3.63, 3.8) is 0 Å². The van der Waals surface area contributed by atoms with E-state index in [1.807, 2.05) is 18.7 Å². The summed E-state index contributed by atoms with van der Waals surface area (Å²) in [6.07, 6.45) is 0. The van der Waals surface area contributed by atoms with Gasteiger partial charge in [0.25, 0.3) is 0 Å². The fraction of sp³-hybridized carbons (Fsp3) is 0.308. The molecule has 0 fully saturated rings. The lowest BCUT2D eigenvalue weighted by atomic mass is 10.3. The van der Waals surface area contributed by atoms with E-state index in [9.17, 15) is 4.39 Å². The number of halogens is 3. The molecule has 112 valence electrons. The molecular formula is C13H14BrClFN5. The van der Waals surface area contributed by atoms with Gasteiger partial charge in [0.1, 0.15) is 5.82 Å². The van der Waals surface area contributed by atoms with Crippen LogP contribution in [0, 0.1) is 5.82 Å². The SMILES string of the molecule is CCN(CC)c1nc(Cl)nc(Nc2cc(F)ccc2Br)n1. The Hall–Kier alpha value is -1.47. The van der Waals surface area contributed by atoms with E-state index in [0.29, 0.717) is 16.1 Å². The van der Waals surface area contributed by atoms with Crippen molar-refractivity contribution in [3.8, 4) is 0 Å². The molecule has 0 saturated heterocycles. The molecule has 0 amide bonds. The third-order valence-corrected chi connectivity index (χ3v) is 3.68. The first-order valence-electron chi connectivity index (χ1n) is 6.42. The van der Waals surface area contributed by atoms with Crippen LogP contribution in [0.25, 0.3) is 0 Å². The Morgan fingerprint density at radius 3 is 2.62 bits per heavy atom. The fourth-order valence-corrected chi connectivity index (χ4v) is 2.26. The smallest absolute Gasteiger partial charge is 0.233 e. The quantitative estimate of drug-likeness (QED) is 0.857. The lowest BCUT2D eigenvalue weighted by molar-refractivity contribution is 0.628. The maximum atomic E-state index is 13.3. The van der Waals surface area contributed by atoms with Crippen LogP contribution in [-0.4, -0.2) is 28.0 Å². The van der Waals surface area contributed by atoms with Crippen LogP contribution in [0.4, 0.5) is 22.0 Å². The Labute approximate surface area is 135 Å². The van der Waals surface area contributed by atoms with Crippen molar-refractivity contribution in [2.75, 3.05) is 23.3 Å². The molecule has 1 N–H and O–H groups in total. The molecular weight excluding hydrogens is 361 g/mol. The molecule has 1 heterocycles. The summed E-state index contributed by atoms with van der Waals surface area (Å²) in [6.45, 7) is 5.49. The van der Waals surface area contributed by atoms with Crippen molar-refractivity contribution in [2.45, 2.75) is 13.8 Å². The first kappa shape index (κ1) is 15.9. The van der Waals surface area contributed by atoms with Crippen LogP contribution in [0.1, 0.15) is 13.8 Å². The zero-order valence-corrected chi connectivity index (χ0v) is 13.9. The summed E-state index contributed by atoms with van der Waals surface area (Å²) in [5.74, 6) is 0.392. The topological polar surface area (TPSA) is 53.9 Å². The molecule has 0 spiro atoms. The van der Waals surface area contributed by atoms with E-state index in [1.54, 1.807) is 6.07 Å². The molecule has 5 nitrogen and oxygen atoms in total. The van der Waals surface area contributed by atoms with Crippen molar-refractivity contribution in [2.24, 2.45) is 0 Å². The van der Waals surface area contributed by atoms with Crippen LogP contribution < -0.4 is 10.2 Å². The van der Waals surface area contributed by atoms with Crippen LogP contribution >= 0.6 is 27.5 Å². The highest BCUT2D eigenvalue weighted by Gasteiger charge is 2.11. The molecule has 0 aliphatic rings. The Bertz CT molecular complexity index is 636. The van der Waals surface area contributed by atoms with Gasteiger partial charge in [-0.3, -0.25) is 0 Å². The van der Waals surface area contributed by atoms with Crippen LogP contribution in [0.3, 0.4) is 0 Å². The Balaban J connectivity index is 2.34. The van der Waals surface area contributed by atoms with Gasteiger partial charge in [0, 0.05) is 17.6 Å². The number of aromatic nitrogens is 3. The Morgan fingerprint density at radius 2 is 1.95 bits per heavy atom. The van der Waals surface area contributed by atoms with E-state index in [1.165, 1.54) is 12.1 Å². The van der Waals surface area contributed by atoms with Gasteiger partial charge in [0.05, 0.1) is 5.69 Å². The van der Waals surface area contributed by atoms with Gasteiger partial charge in [-0.1, -0.05) is 0 Å². The van der Waals surface area contributed by atoms with Gasteiger partial charge in [-0.2, -0.15) is 15.0 Å². The summed E-state index contributed by atoms with van der Waals surface area (Å²) in [5, 5.41) is 3.02. The first-order valence-corrected chi connectivity index (χ1v) is 7.59. The summed E-state index contributed by atoms with van der Waals surface area (Å²) in [6, 6.07) is 4.31. The predicted molar refractivity (Wildman–Crippen MR) is 85.8 cm³/mol. The third-order valence-electron chi connectivity index (χ3n) is 2.82. The monoisotopic (exact) mass is 373 g/mol. The predicted octanol–water partition coefficient (Wildman–Crippen LogP) is 4.02. The standard InChI is InChI=1S/C13H14BrClFN5/c1-3-21(4-2)13-19-11(15)18-12(20-13)17-10-7-8(16)5-6-9(10)14/h5-7H,3-4H2,1-2H3,(H,17,18,19,20). The lowest BCUT2D eigenvalue weighted by Gasteiger charge is -2.19. The minimum atomic E-state index is -0.357. The van der Waals surface area contributed by atoms with Crippen molar-refractivity contribution in [1.82, 2.24) is 15.0 Å². The van der Waals surface area contributed by atoms with E-state index in [4.69, 9.17) is 11.6 Å². The van der Waals surface area contributed by atoms with Crippen molar-refractivity contribution in [3.05, 3.63) is 33.8 Å². The van der Waals surface area contributed by atoms with Crippen LogP contribution in [0.5, 0.6) is 0 Å². The van der Waals surface area contributed by atoms with Gasteiger partial charge in [0.15, 0.2) is 0 Å². The van der Waals surface area contributed by atoms with E-state index >= 15 is 0 Å². The summed E-state index contributed by atoms with van der Waals surface area (Å²) in [7, 11) is 0. The van der Waals surface area contributed by atoms with Crippen LogP contribution in [0.15, 0.2) is 22.7 Å². The van der Waals surface area contributed by atoms with Gasteiger partial charge < -0.3 is 10.2 Å². The maximum absolute atomic E-state index is 13.3. The molecule has 0 radical (unpaired) electrons. The van der Waals surface area contributed by atoms with Gasteiger partial charge in [0.2, 0.25) is 17.2 Å². The molecule has 0 aliphatic carbocycles. The minimum absolute atomic E-state index is 0.0851. The fourth-order valence-electron chi connectivity index (χ4n) is 1.76. The minimum Gasteiger partial charge on any atom is -0.341 e. The van der Waals surface area contributed by atoms with Gasteiger partial charge in [-0.05, 0) is 59.6 Å². The van der Waals surface area contributed by atoms with Gasteiger partial charge >= 0.3 is 0 Å². The molecule has 0 bridgehead atoms. The average Bonchev–Trinajstić information content (AvgIpc) is 2.44. The number of nitrogens with one attached hydrogen (secondary N) is 1. The summed E-state index contributed by atoms with van der Waals surface area (Å²) in [4.78, 5) is 14.4. The maximum Gasteiger partial charge on any atom is 0.233 e. The molecule has 0 aliphatic heterocycles. The number of benzene rings is 1. The van der Waals surface area contributed by atoms with Crippen molar-refractivity contribution < 1.29 is 4.39 Å². The molecule has 0 unspecified atom stereocenters.